The van der Waals surface area contributed by atoms with Crippen molar-refractivity contribution < 1.29 is 4.79 Å². The Bertz CT molecular complexity index is 869. The number of nitrogens with two attached hydrogens (primary N) is 1. The Balaban J connectivity index is 1.59. The number of fused-ring (bicyclic) bond motifs is 1. The first-order valence-electron chi connectivity index (χ1n) is 9.98. The largest absolute Gasteiger partial charge is 0.320 e. The molecule has 1 aromatic carbocycles. The Kier molecular flexibility index (Phi) is 5.12. The predicted octanol–water partition coefficient (Wildman–Crippen LogP) is 2.69. The number of aromatic nitrogens is 1. The maximum absolute atomic E-state index is 13.1. The van der Waals surface area contributed by atoms with Crippen LogP contribution in [0.2, 0.25) is 0 Å². The van der Waals surface area contributed by atoms with Gasteiger partial charge >= 0.3 is 0 Å². The summed E-state index contributed by atoms with van der Waals surface area (Å²) in [6, 6.07) is 11.4. The van der Waals surface area contributed by atoms with Crippen LogP contribution in [0.4, 0.5) is 5.69 Å². The number of pyridine rings is 1. The molecule has 1 aromatic heterocycles. The van der Waals surface area contributed by atoms with Crippen LogP contribution in [0.25, 0.3) is 0 Å². The monoisotopic (exact) mass is 365 g/mol. The van der Waals surface area contributed by atoms with Crippen molar-refractivity contribution in [3.63, 3.8) is 0 Å². The zero-order valence-electron chi connectivity index (χ0n) is 15.6. The first kappa shape index (κ1) is 18.0. The van der Waals surface area contributed by atoms with Gasteiger partial charge < -0.3 is 15.2 Å². The van der Waals surface area contributed by atoms with E-state index in [0.717, 1.165) is 43.2 Å². The minimum absolute atomic E-state index is 0.0878. The summed E-state index contributed by atoms with van der Waals surface area (Å²) in [7, 11) is 0. The lowest BCUT2D eigenvalue weighted by Crippen LogP contribution is -2.49. The summed E-state index contributed by atoms with van der Waals surface area (Å²) in [6.45, 7) is 1.06. The maximum Gasteiger partial charge on any atom is 0.275 e. The number of carbonyl (C=O) groups excluding carboxylic acids is 1. The van der Waals surface area contributed by atoms with Crippen molar-refractivity contribution in [1.29, 1.82) is 0 Å². The molecule has 1 fully saturated rings. The molecule has 2 aromatic rings. The summed E-state index contributed by atoms with van der Waals surface area (Å²) < 4.78 is 1.69. The molecule has 0 unspecified atom stereocenters. The Hall–Kier alpha value is -2.40. The van der Waals surface area contributed by atoms with Gasteiger partial charge in [0.1, 0.15) is 5.69 Å². The molecule has 1 atom stereocenters. The third-order valence-corrected chi connectivity index (χ3v) is 6.00. The fourth-order valence-corrected chi connectivity index (χ4v) is 4.43. The van der Waals surface area contributed by atoms with E-state index in [2.05, 4.69) is 0 Å². The zero-order chi connectivity index (χ0) is 18.8. The normalized spacial score (nSPS) is 18.3. The van der Waals surface area contributed by atoms with Crippen LogP contribution in [0, 0.1) is 5.92 Å². The molecular weight excluding hydrogens is 338 g/mol. The molecule has 2 heterocycles. The average Bonchev–Trinajstić information content (AvgIpc) is 3.15. The van der Waals surface area contributed by atoms with Gasteiger partial charge in [0.05, 0.1) is 12.6 Å². The van der Waals surface area contributed by atoms with Crippen molar-refractivity contribution in [3.8, 4) is 0 Å². The summed E-state index contributed by atoms with van der Waals surface area (Å²) >= 11 is 0. The van der Waals surface area contributed by atoms with E-state index in [0.29, 0.717) is 18.8 Å². The minimum atomic E-state index is -0.501. The molecule has 1 saturated carbocycles. The van der Waals surface area contributed by atoms with Gasteiger partial charge in [-0.15, -0.1) is 0 Å². The van der Waals surface area contributed by atoms with Crippen molar-refractivity contribution in [2.45, 2.75) is 51.1 Å². The Morgan fingerprint density at radius 3 is 2.59 bits per heavy atom. The first-order chi connectivity index (χ1) is 13.1. The van der Waals surface area contributed by atoms with Crippen molar-refractivity contribution >= 4 is 11.6 Å². The molecule has 142 valence electrons. The highest BCUT2D eigenvalue weighted by Crippen LogP contribution is 2.29. The van der Waals surface area contributed by atoms with E-state index in [1.54, 1.807) is 9.47 Å². The van der Waals surface area contributed by atoms with Crippen LogP contribution in [0.15, 0.2) is 47.4 Å². The zero-order valence-corrected chi connectivity index (χ0v) is 15.6. The molecule has 0 bridgehead atoms. The van der Waals surface area contributed by atoms with Gasteiger partial charge in [-0.3, -0.25) is 9.59 Å². The van der Waals surface area contributed by atoms with Gasteiger partial charge in [-0.2, -0.15) is 0 Å². The van der Waals surface area contributed by atoms with Crippen molar-refractivity contribution in [3.05, 3.63) is 64.1 Å². The molecule has 0 spiro atoms. The highest BCUT2D eigenvalue weighted by molar-refractivity contribution is 5.98. The maximum atomic E-state index is 13.1. The van der Waals surface area contributed by atoms with Crippen LogP contribution >= 0.6 is 0 Å². The molecule has 2 N–H and O–H groups in total. The molecule has 1 amide bonds. The van der Waals surface area contributed by atoms with Crippen molar-refractivity contribution in [2.24, 2.45) is 11.7 Å². The van der Waals surface area contributed by atoms with E-state index >= 15 is 0 Å². The van der Waals surface area contributed by atoms with Crippen LogP contribution in [0.5, 0.6) is 0 Å². The molecule has 27 heavy (non-hydrogen) atoms. The third kappa shape index (κ3) is 3.56. The summed E-state index contributed by atoms with van der Waals surface area (Å²) in [5, 5.41) is 0. The number of amides is 1. The third-order valence-electron chi connectivity index (χ3n) is 6.00. The van der Waals surface area contributed by atoms with E-state index in [9.17, 15) is 9.59 Å². The van der Waals surface area contributed by atoms with Gasteiger partial charge in [-0.05, 0) is 42.4 Å². The number of anilines is 1. The van der Waals surface area contributed by atoms with Crippen LogP contribution < -0.4 is 16.2 Å². The molecular formula is C22H27N3O2. The Labute approximate surface area is 159 Å². The van der Waals surface area contributed by atoms with Gasteiger partial charge in [0, 0.05) is 12.7 Å². The molecule has 1 aliphatic heterocycles. The lowest BCUT2D eigenvalue weighted by atomic mass is 9.84. The lowest BCUT2D eigenvalue weighted by Gasteiger charge is -2.29. The lowest BCUT2D eigenvalue weighted by molar-refractivity contribution is -0.121. The fourth-order valence-electron chi connectivity index (χ4n) is 4.43. The number of carbonyl (C=O) groups is 1. The number of nitrogens with zero attached hydrogens (tertiary/aromatic N) is 2. The highest BCUT2D eigenvalue weighted by Gasteiger charge is 2.35. The van der Waals surface area contributed by atoms with E-state index in [4.69, 9.17) is 5.73 Å². The summed E-state index contributed by atoms with van der Waals surface area (Å²) in [6.07, 6.45) is 8.11. The van der Waals surface area contributed by atoms with E-state index in [1.807, 2.05) is 42.6 Å². The molecule has 5 nitrogen and oxygen atoms in total. The smallest absolute Gasteiger partial charge is 0.275 e. The van der Waals surface area contributed by atoms with Crippen LogP contribution in [-0.2, 0) is 17.8 Å². The number of hydrogen-bond acceptors (Lipinski definition) is 3. The van der Waals surface area contributed by atoms with E-state index < -0.39 is 6.04 Å². The van der Waals surface area contributed by atoms with Crippen LogP contribution in [0.1, 0.15) is 43.2 Å². The fraction of sp³-hybridized carbons (Fsp3) is 0.455. The molecule has 4 rings (SSSR count). The van der Waals surface area contributed by atoms with Crippen LogP contribution in [0.3, 0.4) is 0 Å². The molecule has 1 aliphatic carbocycles. The summed E-state index contributed by atoms with van der Waals surface area (Å²) in [4.78, 5) is 27.8. The summed E-state index contributed by atoms with van der Waals surface area (Å²) in [5.74, 6) is 0.153. The van der Waals surface area contributed by atoms with Gasteiger partial charge in [0.2, 0.25) is 5.91 Å². The topological polar surface area (TPSA) is 68.3 Å². The first-order valence-corrected chi connectivity index (χ1v) is 9.98. The van der Waals surface area contributed by atoms with Gasteiger partial charge in [0.15, 0.2) is 0 Å². The minimum Gasteiger partial charge on any atom is -0.320 e. The summed E-state index contributed by atoms with van der Waals surface area (Å²) in [5.41, 5.74) is 8.79. The second kappa shape index (κ2) is 7.69. The van der Waals surface area contributed by atoms with E-state index in [-0.39, 0.29) is 17.4 Å². The van der Waals surface area contributed by atoms with Crippen molar-refractivity contribution in [2.75, 3.05) is 11.4 Å². The second-order valence-corrected chi connectivity index (χ2v) is 7.77. The number of benzene rings is 1. The molecule has 0 radical (unpaired) electrons. The molecule has 2 aliphatic rings. The van der Waals surface area contributed by atoms with Gasteiger partial charge in [-0.25, -0.2) is 0 Å². The highest BCUT2D eigenvalue weighted by atomic mass is 16.2. The number of rotatable bonds is 4. The Morgan fingerprint density at radius 1 is 1.11 bits per heavy atom. The standard InChI is InChI=1S/C22H27N3O2/c23-19(17-9-5-2-6-10-17)21(26)25-14-12-18-11-13-24(22(27)20(18)25)15-16-7-3-1-4-8-16/h1,3-4,7-8,11,13,17,19H,2,5-6,9-10,12,14-15,23H2/t19-/m0/s1. The second-order valence-electron chi connectivity index (χ2n) is 7.77. The van der Waals surface area contributed by atoms with Gasteiger partial charge in [-0.1, -0.05) is 49.6 Å². The molecule has 5 heteroatoms. The van der Waals surface area contributed by atoms with E-state index in [1.165, 1.54) is 6.42 Å². The van der Waals surface area contributed by atoms with Crippen molar-refractivity contribution in [1.82, 2.24) is 4.57 Å². The SMILES string of the molecule is N[C@H](C(=O)N1CCc2ccn(Cc3ccccc3)c(=O)c21)C1CCCCC1. The molecule has 0 saturated heterocycles. The average molecular weight is 365 g/mol. The quantitative estimate of drug-likeness (QED) is 0.906. The Morgan fingerprint density at radius 2 is 1.85 bits per heavy atom. The number of hydrogen-bond donors (Lipinski definition) is 1. The van der Waals surface area contributed by atoms with Gasteiger partial charge in [0.25, 0.3) is 5.56 Å². The predicted molar refractivity (Wildman–Crippen MR) is 107 cm³/mol. The van der Waals surface area contributed by atoms with Crippen LogP contribution in [-0.4, -0.2) is 23.1 Å².